The lowest BCUT2D eigenvalue weighted by Gasteiger charge is -2.33. The molecule has 1 aliphatic rings. The van der Waals surface area contributed by atoms with Crippen LogP contribution in [0.3, 0.4) is 0 Å². The molecule has 3 atom stereocenters. The highest BCUT2D eigenvalue weighted by Gasteiger charge is 2.32. The molecule has 0 spiro atoms. The zero-order valence-corrected chi connectivity index (χ0v) is 14.6. The average Bonchev–Trinajstić information content (AvgIpc) is 2.95. The van der Waals surface area contributed by atoms with Crippen LogP contribution in [0.5, 0.6) is 0 Å². The monoisotopic (exact) mass is 350 g/mol. The summed E-state index contributed by atoms with van der Waals surface area (Å²) in [6.45, 7) is 4.51. The number of nitrogens with zero attached hydrogens (tertiary/aromatic N) is 3. The molecule has 3 rings (SSSR count). The fraction of sp³-hybridized carbons (Fsp3) is 0.556. The Labute approximate surface area is 146 Å². The van der Waals surface area contributed by atoms with Crippen LogP contribution in [-0.2, 0) is 4.74 Å². The zero-order valence-electron chi connectivity index (χ0n) is 14.6. The first-order chi connectivity index (χ1) is 12.0. The van der Waals surface area contributed by atoms with Gasteiger partial charge < -0.3 is 10.5 Å². The maximum atomic E-state index is 13.6. The summed E-state index contributed by atoms with van der Waals surface area (Å²) in [6.07, 6.45) is 3.31. The van der Waals surface area contributed by atoms with Gasteiger partial charge in [0.25, 0.3) is 0 Å². The number of halogens is 2. The Morgan fingerprint density at radius 3 is 2.64 bits per heavy atom. The molecule has 0 amide bonds. The van der Waals surface area contributed by atoms with Crippen molar-refractivity contribution in [2.45, 2.75) is 57.6 Å². The van der Waals surface area contributed by atoms with Crippen molar-refractivity contribution in [2.24, 2.45) is 5.73 Å². The van der Waals surface area contributed by atoms with E-state index in [2.05, 4.69) is 17.0 Å². The summed E-state index contributed by atoms with van der Waals surface area (Å²) in [7, 11) is 0. The van der Waals surface area contributed by atoms with E-state index < -0.39 is 11.6 Å². The van der Waals surface area contributed by atoms with Gasteiger partial charge in [-0.2, -0.15) is 5.10 Å². The maximum absolute atomic E-state index is 13.6. The van der Waals surface area contributed by atoms with Gasteiger partial charge in [0.15, 0.2) is 0 Å². The van der Waals surface area contributed by atoms with Crippen LogP contribution >= 0.6 is 0 Å². The molecule has 7 heteroatoms. The average molecular weight is 350 g/mol. The van der Waals surface area contributed by atoms with Gasteiger partial charge in [-0.05, 0) is 44.7 Å². The topological polar surface area (TPSA) is 66.0 Å². The highest BCUT2D eigenvalue weighted by Crippen LogP contribution is 2.34. The molecule has 1 aromatic carbocycles. The Kier molecular flexibility index (Phi) is 5.44. The molecule has 1 aromatic heterocycles. The van der Waals surface area contributed by atoms with Crippen LogP contribution in [0.25, 0.3) is 5.69 Å². The SMILES string of the molecule is CCCO[C@@H]1C[C@@H](c2nc(C)nn2-c2cc(F)cc(F)c2)CC[C@H]1N. The second-order valence-corrected chi connectivity index (χ2v) is 6.64. The first-order valence-electron chi connectivity index (χ1n) is 8.75. The van der Waals surface area contributed by atoms with E-state index in [1.165, 1.54) is 12.1 Å². The first kappa shape index (κ1) is 17.9. The molecular formula is C18H24F2N4O. The number of hydrogen-bond acceptors (Lipinski definition) is 4. The van der Waals surface area contributed by atoms with Gasteiger partial charge in [0.05, 0.1) is 11.8 Å². The largest absolute Gasteiger partial charge is 0.377 e. The van der Waals surface area contributed by atoms with Crippen molar-refractivity contribution >= 4 is 0 Å². The number of aryl methyl sites for hydroxylation is 1. The number of aromatic nitrogens is 3. The number of hydrogen-bond donors (Lipinski definition) is 1. The number of rotatable bonds is 5. The Morgan fingerprint density at radius 2 is 1.96 bits per heavy atom. The van der Waals surface area contributed by atoms with E-state index in [-0.39, 0.29) is 18.1 Å². The molecule has 25 heavy (non-hydrogen) atoms. The smallest absolute Gasteiger partial charge is 0.148 e. The van der Waals surface area contributed by atoms with Gasteiger partial charge >= 0.3 is 0 Å². The standard InChI is InChI=1S/C18H24F2N4O/c1-3-6-25-17-7-12(4-5-16(17)21)18-22-11(2)23-24(18)15-9-13(19)8-14(20)10-15/h8-10,12,16-17H,3-7,21H2,1-2H3/t12-,16+,17+/m0/s1. The number of ether oxygens (including phenoxy) is 1. The molecule has 1 fully saturated rings. The molecule has 0 saturated heterocycles. The minimum absolute atomic E-state index is 0.00637. The van der Waals surface area contributed by atoms with Gasteiger partial charge in [-0.15, -0.1) is 0 Å². The lowest BCUT2D eigenvalue weighted by molar-refractivity contribution is 0.00883. The number of nitrogens with two attached hydrogens (primary N) is 1. The van der Waals surface area contributed by atoms with Crippen LogP contribution in [0, 0.1) is 18.6 Å². The second-order valence-electron chi connectivity index (χ2n) is 6.64. The van der Waals surface area contributed by atoms with Gasteiger partial charge in [-0.3, -0.25) is 0 Å². The van der Waals surface area contributed by atoms with E-state index in [0.29, 0.717) is 23.9 Å². The van der Waals surface area contributed by atoms with Crippen molar-refractivity contribution in [1.29, 1.82) is 0 Å². The summed E-state index contributed by atoms with van der Waals surface area (Å²) in [5, 5.41) is 4.34. The molecule has 2 aromatic rings. The summed E-state index contributed by atoms with van der Waals surface area (Å²) < 4.78 is 34.6. The van der Waals surface area contributed by atoms with Crippen molar-refractivity contribution in [1.82, 2.24) is 14.8 Å². The van der Waals surface area contributed by atoms with Crippen LogP contribution < -0.4 is 5.73 Å². The van der Waals surface area contributed by atoms with Crippen LogP contribution in [0.4, 0.5) is 8.78 Å². The molecule has 2 N–H and O–H groups in total. The van der Waals surface area contributed by atoms with Crippen LogP contribution in [0.15, 0.2) is 18.2 Å². The minimum atomic E-state index is -0.635. The normalized spacial score (nSPS) is 23.8. The van der Waals surface area contributed by atoms with Gasteiger partial charge in [-0.25, -0.2) is 18.4 Å². The first-order valence-corrected chi connectivity index (χ1v) is 8.75. The van der Waals surface area contributed by atoms with Crippen molar-refractivity contribution in [3.05, 3.63) is 41.5 Å². The molecule has 1 aliphatic carbocycles. The highest BCUT2D eigenvalue weighted by molar-refractivity contribution is 5.33. The molecule has 5 nitrogen and oxygen atoms in total. The van der Waals surface area contributed by atoms with Gasteiger partial charge in [0.2, 0.25) is 0 Å². The van der Waals surface area contributed by atoms with Crippen molar-refractivity contribution in [3.8, 4) is 5.69 Å². The van der Waals surface area contributed by atoms with Crippen LogP contribution in [-0.4, -0.2) is 33.5 Å². The van der Waals surface area contributed by atoms with E-state index in [1.807, 2.05) is 0 Å². The molecule has 0 aliphatic heterocycles. The third-order valence-corrected chi connectivity index (χ3v) is 4.57. The van der Waals surface area contributed by atoms with Gasteiger partial charge in [0.1, 0.15) is 23.3 Å². The van der Waals surface area contributed by atoms with Crippen molar-refractivity contribution in [3.63, 3.8) is 0 Å². The summed E-state index contributed by atoms with van der Waals surface area (Å²) in [5.74, 6) is 0.0992. The molecule has 0 radical (unpaired) electrons. The summed E-state index contributed by atoms with van der Waals surface area (Å²) in [5.41, 5.74) is 6.53. The molecule has 0 bridgehead atoms. The quantitative estimate of drug-likeness (QED) is 0.899. The fourth-order valence-electron chi connectivity index (χ4n) is 3.40. The van der Waals surface area contributed by atoms with E-state index in [1.54, 1.807) is 11.6 Å². The Hall–Kier alpha value is -1.86. The third kappa shape index (κ3) is 4.04. The lowest BCUT2D eigenvalue weighted by Crippen LogP contribution is -2.42. The highest BCUT2D eigenvalue weighted by atomic mass is 19.1. The van der Waals surface area contributed by atoms with E-state index in [4.69, 9.17) is 10.5 Å². The van der Waals surface area contributed by atoms with Crippen molar-refractivity contribution < 1.29 is 13.5 Å². The third-order valence-electron chi connectivity index (χ3n) is 4.57. The zero-order chi connectivity index (χ0) is 18.0. The molecule has 136 valence electrons. The fourth-order valence-corrected chi connectivity index (χ4v) is 3.40. The Bertz CT molecular complexity index is 714. The lowest BCUT2D eigenvalue weighted by atomic mass is 9.83. The minimum Gasteiger partial charge on any atom is -0.377 e. The predicted octanol–water partition coefficient (Wildman–Crippen LogP) is 3.24. The van der Waals surface area contributed by atoms with Crippen LogP contribution in [0.1, 0.15) is 50.2 Å². The molecule has 1 heterocycles. The number of benzene rings is 1. The summed E-state index contributed by atoms with van der Waals surface area (Å²) >= 11 is 0. The van der Waals surface area contributed by atoms with E-state index >= 15 is 0 Å². The molecule has 1 saturated carbocycles. The Balaban J connectivity index is 1.90. The predicted molar refractivity (Wildman–Crippen MR) is 90.6 cm³/mol. The van der Waals surface area contributed by atoms with Gasteiger partial charge in [0, 0.05) is 24.6 Å². The van der Waals surface area contributed by atoms with Crippen LogP contribution in [0.2, 0.25) is 0 Å². The summed E-state index contributed by atoms with van der Waals surface area (Å²) in [6, 6.07) is 3.38. The van der Waals surface area contributed by atoms with Gasteiger partial charge in [-0.1, -0.05) is 6.92 Å². The van der Waals surface area contributed by atoms with E-state index in [0.717, 1.165) is 31.7 Å². The molecular weight excluding hydrogens is 326 g/mol. The Morgan fingerprint density at radius 1 is 1.24 bits per heavy atom. The maximum Gasteiger partial charge on any atom is 0.148 e. The second kappa shape index (κ2) is 7.58. The summed E-state index contributed by atoms with van der Waals surface area (Å²) in [4.78, 5) is 4.52. The molecule has 0 unspecified atom stereocenters. The van der Waals surface area contributed by atoms with E-state index in [9.17, 15) is 8.78 Å². The van der Waals surface area contributed by atoms with Crippen molar-refractivity contribution in [2.75, 3.05) is 6.61 Å².